The number of halogens is 3. The van der Waals surface area contributed by atoms with Crippen molar-refractivity contribution in [3.05, 3.63) is 82.9 Å². The number of hydrogen-bond donors (Lipinski definition) is 1. The number of rotatable bonds is 2. The van der Waals surface area contributed by atoms with Crippen LogP contribution in [0.3, 0.4) is 0 Å². The molecule has 6 rings (SSSR count). The van der Waals surface area contributed by atoms with Crippen LogP contribution in [-0.4, -0.2) is 18.3 Å². The van der Waals surface area contributed by atoms with Crippen LogP contribution in [0.5, 0.6) is 5.75 Å². The molecular formula is C24H18F3N3O2. The van der Waals surface area contributed by atoms with Crippen LogP contribution in [-0.2, 0) is 18.1 Å². The van der Waals surface area contributed by atoms with Crippen molar-refractivity contribution >= 4 is 22.5 Å². The van der Waals surface area contributed by atoms with Crippen molar-refractivity contribution in [1.29, 1.82) is 0 Å². The van der Waals surface area contributed by atoms with E-state index in [0.29, 0.717) is 35.7 Å². The number of hydrogen-bond acceptors (Lipinski definition) is 5. The summed E-state index contributed by atoms with van der Waals surface area (Å²) in [6.07, 6.45) is -4.41. The highest BCUT2D eigenvalue weighted by Crippen LogP contribution is 2.53. The van der Waals surface area contributed by atoms with E-state index in [4.69, 9.17) is 15.0 Å². The summed E-state index contributed by atoms with van der Waals surface area (Å²) >= 11 is 0. The zero-order valence-corrected chi connectivity index (χ0v) is 16.8. The lowest BCUT2D eigenvalue weighted by Gasteiger charge is -2.26. The summed E-state index contributed by atoms with van der Waals surface area (Å²) in [5, 5.41) is 4.53. The SMILES string of the molecule is Nc1noc2cc3c(cc12)C1(CO3)CN(Cc2ccccc2C(F)(F)F)c2ccccc21. The number of alkyl halides is 3. The molecule has 1 unspecified atom stereocenters. The summed E-state index contributed by atoms with van der Waals surface area (Å²) in [4.78, 5) is 2.00. The average Bonchev–Trinajstić information content (AvgIpc) is 3.42. The van der Waals surface area contributed by atoms with Gasteiger partial charge in [0.05, 0.1) is 16.4 Å². The number of nitrogens with zero attached hydrogens (tertiary/aromatic N) is 2. The first-order valence-corrected chi connectivity index (χ1v) is 10.2. The number of benzene rings is 3. The van der Waals surface area contributed by atoms with E-state index in [9.17, 15) is 13.2 Å². The normalized spacial score (nSPS) is 19.4. The van der Waals surface area contributed by atoms with Gasteiger partial charge in [0, 0.05) is 30.4 Å². The highest BCUT2D eigenvalue weighted by Gasteiger charge is 2.50. The van der Waals surface area contributed by atoms with Gasteiger partial charge < -0.3 is 19.9 Å². The topological polar surface area (TPSA) is 64.5 Å². The molecule has 4 aromatic rings. The van der Waals surface area contributed by atoms with Gasteiger partial charge in [0.15, 0.2) is 11.4 Å². The molecule has 0 amide bonds. The summed E-state index contributed by atoms with van der Waals surface area (Å²) in [5.74, 6) is 0.980. The fourth-order valence-corrected chi connectivity index (χ4v) is 5.04. The van der Waals surface area contributed by atoms with Gasteiger partial charge in [0.25, 0.3) is 0 Å². The lowest BCUT2D eigenvalue weighted by Crippen LogP contribution is -2.36. The van der Waals surface area contributed by atoms with E-state index in [1.54, 1.807) is 12.1 Å². The molecule has 1 atom stereocenters. The minimum atomic E-state index is -4.41. The maximum Gasteiger partial charge on any atom is 0.416 e. The lowest BCUT2D eigenvalue weighted by molar-refractivity contribution is -0.138. The summed E-state index contributed by atoms with van der Waals surface area (Å²) in [7, 11) is 0. The van der Waals surface area contributed by atoms with Gasteiger partial charge in [-0.1, -0.05) is 41.6 Å². The third-order valence-corrected chi connectivity index (χ3v) is 6.49. The van der Waals surface area contributed by atoms with Crippen LogP contribution in [0.2, 0.25) is 0 Å². The summed E-state index contributed by atoms with van der Waals surface area (Å²) in [5.41, 5.74) is 8.50. The van der Waals surface area contributed by atoms with Crippen LogP contribution in [0.25, 0.3) is 11.0 Å². The second kappa shape index (κ2) is 6.41. The first-order chi connectivity index (χ1) is 15.4. The molecular weight excluding hydrogens is 419 g/mol. The molecule has 1 spiro atoms. The average molecular weight is 437 g/mol. The van der Waals surface area contributed by atoms with E-state index in [0.717, 1.165) is 22.9 Å². The van der Waals surface area contributed by atoms with Gasteiger partial charge in [-0.15, -0.1) is 0 Å². The highest BCUT2D eigenvalue weighted by molar-refractivity contribution is 5.90. The van der Waals surface area contributed by atoms with Crippen molar-refractivity contribution in [2.45, 2.75) is 18.1 Å². The molecule has 8 heteroatoms. The molecule has 32 heavy (non-hydrogen) atoms. The Morgan fingerprint density at radius 3 is 2.66 bits per heavy atom. The predicted molar refractivity (Wildman–Crippen MR) is 114 cm³/mol. The van der Waals surface area contributed by atoms with E-state index in [2.05, 4.69) is 5.16 Å². The third kappa shape index (κ3) is 2.62. The Morgan fingerprint density at radius 2 is 1.81 bits per heavy atom. The van der Waals surface area contributed by atoms with Crippen LogP contribution in [0, 0.1) is 0 Å². The first kappa shape index (κ1) is 19.0. The smallest absolute Gasteiger partial charge is 0.416 e. The van der Waals surface area contributed by atoms with Crippen LogP contribution < -0.4 is 15.4 Å². The molecule has 0 bridgehead atoms. The molecule has 2 aliphatic heterocycles. The molecule has 0 saturated carbocycles. The zero-order valence-electron chi connectivity index (χ0n) is 16.8. The molecule has 3 heterocycles. The Morgan fingerprint density at radius 1 is 1.03 bits per heavy atom. The molecule has 162 valence electrons. The van der Waals surface area contributed by atoms with Crippen LogP contribution in [0.15, 0.2) is 65.2 Å². The molecule has 0 aliphatic carbocycles. The number of nitrogens with two attached hydrogens (primary N) is 1. The maximum atomic E-state index is 13.6. The Labute approximate surface area is 181 Å². The van der Waals surface area contributed by atoms with Crippen LogP contribution in [0.1, 0.15) is 22.3 Å². The molecule has 2 N–H and O–H groups in total. The number of aromatic nitrogens is 1. The zero-order chi connectivity index (χ0) is 22.1. The number of para-hydroxylation sites is 1. The van der Waals surface area contributed by atoms with E-state index in [1.165, 1.54) is 12.1 Å². The molecule has 5 nitrogen and oxygen atoms in total. The first-order valence-electron chi connectivity index (χ1n) is 10.2. The van der Waals surface area contributed by atoms with Crippen molar-refractivity contribution in [3.63, 3.8) is 0 Å². The number of anilines is 2. The number of ether oxygens (including phenoxy) is 1. The van der Waals surface area contributed by atoms with Crippen LogP contribution in [0.4, 0.5) is 24.7 Å². The molecule has 0 radical (unpaired) electrons. The minimum absolute atomic E-state index is 0.140. The fourth-order valence-electron chi connectivity index (χ4n) is 5.04. The Hall–Kier alpha value is -3.68. The highest BCUT2D eigenvalue weighted by atomic mass is 19.4. The van der Waals surface area contributed by atoms with Gasteiger partial charge in [0.2, 0.25) is 0 Å². The summed E-state index contributed by atoms with van der Waals surface area (Å²) in [6.45, 7) is 1.01. The largest absolute Gasteiger partial charge is 0.492 e. The van der Waals surface area contributed by atoms with Gasteiger partial charge in [0.1, 0.15) is 12.4 Å². The molecule has 0 saturated heterocycles. The Bertz CT molecular complexity index is 1360. The standard InChI is InChI=1S/C24H18F3N3O2/c25-24(26,27)16-6-2-1-5-14(16)11-30-12-23(17-7-3-4-8-19(17)30)13-31-21-10-20-15(9-18(21)23)22(28)29-32-20/h1-10H,11-13H2,(H2,28,29). The number of nitrogen functional groups attached to an aromatic ring is 1. The summed E-state index contributed by atoms with van der Waals surface area (Å²) in [6, 6.07) is 17.3. The van der Waals surface area contributed by atoms with Gasteiger partial charge in [-0.3, -0.25) is 0 Å². The lowest BCUT2D eigenvalue weighted by atomic mass is 9.77. The second-order valence-corrected chi connectivity index (χ2v) is 8.31. The molecule has 3 aromatic carbocycles. The van der Waals surface area contributed by atoms with Crippen molar-refractivity contribution in [2.24, 2.45) is 0 Å². The van der Waals surface area contributed by atoms with Crippen molar-refractivity contribution in [3.8, 4) is 5.75 Å². The monoisotopic (exact) mass is 437 g/mol. The molecule has 0 fully saturated rings. The third-order valence-electron chi connectivity index (χ3n) is 6.49. The van der Waals surface area contributed by atoms with E-state index < -0.39 is 17.2 Å². The van der Waals surface area contributed by atoms with Crippen molar-refractivity contribution < 1.29 is 22.4 Å². The van der Waals surface area contributed by atoms with Gasteiger partial charge in [-0.2, -0.15) is 13.2 Å². The van der Waals surface area contributed by atoms with Crippen LogP contribution >= 0.6 is 0 Å². The number of fused-ring (bicyclic) bond motifs is 5. The van der Waals surface area contributed by atoms with Gasteiger partial charge >= 0.3 is 6.18 Å². The molecule has 1 aromatic heterocycles. The quantitative estimate of drug-likeness (QED) is 0.471. The fraction of sp³-hybridized carbons (Fsp3) is 0.208. The molecule has 2 aliphatic rings. The van der Waals surface area contributed by atoms with E-state index >= 15 is 0 Å². The van der Waals surface area contributed by atoms with Gasteiger partial charge in [-0.05, 0) is 29.3 Å². The van der Waals surface area contributed by atoms with Crippen molar-refractivity contribution in [2.75, 3.05) is 23.8 Å². The van der Waals surface area contributed by atoms with Crippen molar-refractivity contribution in [1.82, 2.24) is 5.16 Å². The second-order valence-electron chi connectivity index (χ2n) is 8.31. The minimum Gasteiger partial charge on any atom is -0.492 e. The van der Waals surface area contributed by atoms with E-state index in [-0.39, 0.29) is 12.1 Å². The Balaban J connectivity index is 1.47. The summed E-state index contributed by atoms with van der Waals surface area (Å²) < 4.78 is 52.1. The van der Waals surface area contributed by atoms with Gasteiger partial charge in [-0.25, -0.2) is 0 Å². The van der Waals surface area contributed by atoms with E-state index in [1.807, 2.05) is 35.2 Å². The Kier molecular flexibility index (Phi) is 3.82. The maximum absolute atomic E-state index is 13.6. The predicted octanol–water partition coefficient (Wildman–Crippen LogP) is 5.13.